The second-order valence-corrected chi connectivity index (χ2v) is 7.38. The van der Waals surface area contributed by atoms with E-state index in [1.165, 1.54) is 29.2 Å². The fourth-order valence-electron chi connectivity index (χ4n) is 3.45. The Morgan fingerprint density at radius 2 is 1.76 bits per heavy atom. The summed E-state index contributed by atoms with van der Waals surface area (Å²) in [6.07, 6.45) is -4.61. The Labute approximate surface area is 186 Å². The average molecular weight is 460 g/mol. The lowest BCUT2D eigenvalue weighted by molar-refractivity contribution is -0.138. The number of aryl methyl sites for hydroxylation is 1. The number of amides is 2. The second kappa shape index (κ2) is 8.88. The van der Waals surface area contributed by atoms with Crippen molar-refractivity contribution in [2.24, 2.45) is 0 Å². The predicted octanol–water partition coefficient (Wildman–Crippen LogP) is 3.01. The third kappa shape index (κ3) is 4.94. The average Bonchev–Trinajstić information content (AvgIpc) is 3.22. The predicted molar refractivity (Wildman–Crippen MR) is 111 cm³/mol. The highest BCUT2D eigenvalue weighted by Crippen LogP contribution is 2.32. The Kier molecular flexibility index (Phi) is 5.99. The molecule has 0 aliphatic carbocycles. The van der Waals surface area contributed by atoms with E-state index >= 15 is 0 Å². The van der Waals surface area contributed by atoms with Gasteiger partial charge in [-0.05, 0) is 31.2 Å². The van der Waals surface area contributed by atoms with Crippen molar-refractivity contribution in [3.05, 3.63) is 65.0 Å². The van der Waals surface area contributed by atoms with Gasteiger partial charge in [0.2, 0.25) is 0 Å². The highest BCUT2D eigenvalue weighted by molar-refractivity contribution is 6.02. The third-order valence-corrected chi connectivity index (χ3v) is 5.11. The van der Waals surface area contributed by atoms with Crippen molar-refractivity contribution < 1.29 is 27.3 Å². The summed E-state index contributed by atoms with van der Waals surface area (Å²) < 4.78 is 44.6. The molecule has 9 nitrogen and oxygen atoms in total. The first kappa shape index (κ1) is 22.2. The van der Waals surface area contributed by atoms with Crippen molar-refractivity contribution in [3.8, 4) is 0 Å². The van der Waals surface area contributed by atoms with E-state index in [9.17, 15) is 22.8 Å². The molecule has 0 radical (unpaired) electrons. The molecular formula is C21H19F3N6O3. The maximum atomic E-state index is 13.2. The van der Waals surface area contributed by atoms with Gasteiger partial charge in [0, 0.05) is 32.2 Å². The van der Waals surface area contributed by atoms with Crippen LogP contribution in [-0.2, 0) is 6.18 Å². The van der Waals surface area contributed by atoms with Crippen LogP contribution in [0, 0.1) is 6.92 Å². The number of rotatable bonds is 4. The number of anilines is 2. The first-order valence-corrected chi connectivity index (χ1v) is 10.0. The van der Waals surface area contributed by atoms with Crippen molar-refractivity contribution in [3.63, 3.8) is 0 Å². The van der Waals surface area contributed by atoms with Gasteiger partial charge in [-0.25, -0.2) is 0 Å². The number of benzene rings is 1. The van der Waals surface area contributed by atoms with Crippen LogP contribution < -0.4 is 10.2 Å². The van der Waals surface area contributed by atoms with E-state index < -0.39 is 23.6 Å². The number of piperazine rings is 1. The van der Waals surface area contributed by atoms with Gasteiger partial charge in [0.15, 0.2) is 17.3 Å². The zero-order chi connectivity index (χ0) is 23.6. The van der Waals surface area contributed by atoms with E-state index in [1.54, 1.807) is 19.1 Å². The van der Waals surface area contributed by atoms with Crippen molar-refractivity contribution in [1.82, 2.24) is 20.3 Å². The molecule has 1 aromatic carbocycles. The highest BCUT2D eigenvalue weighted by Gasteiger charge is 2.36. The van der Waals surface area contributed by atoms with Gasteiger partial charge < -0.3 is 19.6 Å². The third-order valence-electron chi connectivity index (χ3n) is 5.11. The maximum Gasteiger partial charge on any atom is 0.417 e. The van der Waals surface area contributed by atoms with E-state index in [1.807, 2.05) is 4.90 Å². The van der Waals surface area contributed by atoms with Gasteiger partial charge in [0.1, 0.15) is 5.76 Å². The Morgan fingerprint density at radius 1 is 1.03 bits per heavy atom. The summed E-state index contributed by atoms with van der Waals surface area (Å²) in [6, 6.07) is 9.44. The van der Waals surface area contributed by atoms with Gasteiger partial charge in [-0.3, -0.25) is 9.59 Å². The number of nitrogens with one attached hydrogen (secondary N) is 1. The van der Waals surface area contributed by atoms with Gasteiger partial charge in [-0.15, -0.1) is 10.2 Å². The van der Waals surface area contributed by atoms with Crippen LogP contribution in [0.4, 0.5) is 24.8 Å². The molecular weight excluding hydrogens is 441 g/mol. The number of nitrogens with zero attached hydrogens (tertiary/aromatic N) is 5. The van der Waals surface area contributed by atoms with Crippen LogP contribution in [0.25, 0.3) is 0 Å². The van der Waals surface area contributed by atoms with Crippen LogP contribution in [0.3, 0.4) is 0 Å². The summed E-state index contributed by atoms with van der Waals surface area (Å²) in [5.41, 5.74) is -1.23. The number of halogens is 3. The number of hydrogen-bond donors (Lipinski definition) is 1. The number of carbonyl (C=O) groups is 2. The molecule has 3 aromatic rings. The van der Waals surface area contributed by atoms with Gasteiger partial charge in [-0.2, -0.15) is 13.2 Å². The molecule has 4 rings (SSSR count). The fourth-order valence-corrected chi connectivity index (χ4v) is 3.45. The molecule has 0 unspecified atom stereocenters. The largest absolute Gasteiger partial charge is 0.417 e. The van der Waals surface area contributed by atoms with E-state index in [-0.39, 0.29) is 30.2 Å². The summed E-state index contributed by atoms with van der Waals surface area (Å²) in [5, 5.41) is 14.2. The minimum Gasteiger partial charge on any atom is -0.360 e. The van der Waals surface area contributed by atoms with Crippen LogP contribution in [0.5, 0.6) is 0 Å². The van der Waals surface area contributed by atoms with Crippen molar-refractivity contribution in [1.29, 1.82) is 0 Å². The molecule has 1 saturated heterocycles. The Morgan fingerprint density at radius 3 is 2.36 bits per heavy atom. The van der Waals surface area contributed by atoms with Gasteiger partial charge in [0.05, 0.1) is 11.1 Å². The number of carbonyl (C=O) groups excluding carboxylic acids is 2. The van der Waals surface area contributed by atoms with Crippen LogP contribution >= 0.6 is 0 Å². The molecule has 1 fully saturated rings. The molecule has 0 atom stereocenters. The molecule has 12 heteroatoms. The summed E-state index contributed by atoms with van der Waals surface area (Å²) in [4.78, 5) is 28.2. The molecule has 0 spiro atoms. The summed E-state index contributed by atoms with van der Waals surface area (Å²) >= 11 is 0. The van der Waals surface area contributed by atoms with E-state index in [0.717, 1.165) is 6.07 Å². The first-order valence-electron chi connectivity index (χ1n) is 10.0. The maximum absolute atomic E-state index is 13.2. The molecule has 2 aromatic heterocycles. The molecule has 1 aliphatic heterocycles. The SMILES string of the molecule is Cc1cc(NC(=O)c2ccc(N3CCN(C(=O)c4ccccc4C(F)(F)F)CC3)nn2)no1. The lowest BCUT2D eigenvalue weighted by Gasteiger charge is -2.35. The van der Waals surface area contributed by atoms with E-state index in [0.29, 0.717) is 24.7 Å². The Bertz CT molecular complexity index is 1150. The summed E-state index contributed by atoms with van der Waals surface area (Å²) in [5.74, 6) is 0.138. The zero-order valence-corrected chi connectivity index (χ0v) is 17.5. The van der Waals surface area contributed by atoms with Gasteiger partial charge in [-0.1, -0.05) is 17.3 Å². The van der Waals surface area contributed by atoms with Crippen molar-refractivity contribution in [2.45, 2.75) is 13.1 Å². The molecule has 3 heterocycles. The molecule has 172 valence electrons. The van der Waals surface area contributed by atoms with Crippen molar-refractivity contribution in [2.75, 3.05) is 36.4 Å². The quantitative estimate of drug-likeness (QED) is 0.638. The van der Waals surface area contributed by atoms with Crippen LogP contribution in [0.1, 0.15) is 32.2 Å². The first-order chi connectivity index (χ1) is 15.7. The van der Waals surface area contributed by atoms with Crippen LogP contribution in [-0.4, -0.2) is 58.2 Å². The highest BCUT2D eigenvalue weighted by atomic mass is 19.4. The molecule has 0 bridgehead atoms. The number of aromatic nitrogens is 3. The minimum absolute atomic E-state index is 0.0805. The van der Waals surface area contributed by atoms with E-state index in [4.69, 9.17) is 4.52 Å². The summed E-state index contributed by atoms with van der Waals surface area (Å²) in [7, 11) is 0. The Hall–Kier alpha value is -3.96. The topological polar surface area (TPSA) is 104 Å². The zero-order valence-electron chi connectivity index (χ0n) is 17.5. The smallest absolute Gasteiger partial charge is 0.360 e. The van der Waals surface area contributed by atoms with Crippen LogP contribution in [0.2, 0.25) is 0 Å². The molecule has 1 N–H and O–H groups in total. The number of alkyl halides is 3. The standard InChI is InChI=1S/C21H19F3N6O3/c1-13-12-17(28-33-13)25-19(31)16-6-7-18(27-26-16)29-8-10-30(11-9-29)20(32)14-4-2-3-5-15(14)21(22,23)24/h2-7,12H,8-11H2,1H3,(H,25,28,31). The molecule has 33 heavy (non-hydrogen) atoms. The molecule has 2 amide bonds. The summed E-state index contributed by atoms with van der Waals surface area (Å²) in [6.45, 7) is 2.86. The monoisotopic (exact) mass is 460 g/mol. The minimum atomic E-state index is -4.61. The Balaban J connectivity index is 1.37. The van der Waals surface area contributed by atoms with Crippen molar-refractivity contribution >= 4 is 23.5 Å². The second-order valence-electron chi connectivity index (χ2n) is 7.38. The molecule has 0 saturated carbocycles. The van der Waals surface area contributed by atoms with Gasteiger partial charge in [0.25, 0.3) is 11.8 Å². The normalized spacial score (nSPS) is 14.3. The lowest BCUT2D eigenvalue weighted by atomic mass is 10.1. The fraction of sp³-hybridized carbons (Fsp3) is 0.286. The van der Waals surface area contributed by atoms with Gasteiger partial charge >= 0.3 is 6.18 Å². The lowest BCUT2D eigenvalue weighted by Crippen LogP contribution is -2.49. The molecule has 1 aliphatic rings. The number of hydrogen-bond acceptors (Lipinski definition) is 7. The van der Waals surface area contributed by atoms with Crippen LogP contribution in [0.15, 0.2) is 47.0 Å². The van der Waals surface area contributed by atoms with E-state index in [2.05, 4.69) is 20.7 Å².